The van der Waals surface area contributed by atoms with Crippen molar-refractivity contribution in [1.29, 1.82) is 0 Å². The van der Waals surface area contributed by atoms with Gasteiger partial charge < -0.3 is 43.7 Å². The number of rotatable bonds is 18. The van der Waals surface area contributed by atoms with Crippen molar-refractivity contribution in [3.05, 3.63) is 53.1 Å². The highest BCUT2D eigenvalue weighted by atomic mass is 16.5. The van der Waals surface area contributed by atoms with Gasteiger partial charge in [0.1, 0.15) is 54.3 Å². The van der Waals surface area contributed by atoms with E-state index < -0.39 is 0 Å². The van der Waals surface area contributed by atoms with E-state index in [0.717, 1.165) is 16.7 Å². The van der Waals surface area contributed by atoms with Crippen LogP contribution in [0.25, 0.3) is 34.2 Å². The third-order valence-corrected chi connectivity index (χ3v) is 7.34. The van der Waals surface area contributed by atoms with Crippen LogP contribution in [0.5, 0.6) is 34.5 Å². The highest BCUT2D eigenvalue weighted by Crippen LogP contribution is 2.43. The van der Waals surface area contributed by atoms with Gasteiger partial charge in [0.05, 0.1) is 56.3 Å². The summed E-state index contributed by atoms with van der Waals surface area (Å²) >= 11 is 0. The molecular weight excluding hydrogens is 618 g/mol. The number of aromatic nitrogens is 3. The lowest BCUT2D eigenvalue weighted by molar-refractivity contribution is 0.200. The molecule has 4 rings (SSSR count). The molecule has 258 valence electrons. The second kappa shape index (κ2) is 17.5. The lowest BCUT2D eigenvalue weighted by atomic mass is 10.0. The van der Waals surface area contributed by atoms with Crippen molar-refractivity contribution >= 4 is 0 Å². The van der Waals surface area contributed by atoms with Crippen molar-refractivity contribution in [3.63, 3.8) is 0 Å². The Bertz CT molecular complexity index is 1470. The van der Waals surface area contributed by atoms with Gasteiger partial charge in [-0.3, -0.25) is 0 Å². The molecule has 1 aromatic heterocycles. The lowest BCUT2D eigenvalue weighted by Gasteiger charge is -2.20. The zero-order valence-electron chi connectivity index (χ0n) is 28.5. The topological polar surface area (TPSA) is 155 Å². The first kappa shape index (κ1) is 36.2. The van der Waals surface area contributed by atoms with Gasteiger partial charge in [0.2, 0.25) is 0 Å². The zero-order valence-corrected chi connectivity index (χ0v) is 28.5. The number of hydrogen-bond donors (Lipinski definition) is 3. The van der Waals surface area contributed by atoms with E-state index in [0.29, 0.717) is 71.0 Å². The van der Waals surface area contributed by atoms with E-state index in [1.54, 1.807) is 0 Å². The highest BCUT2D eigenvalue weighted by molar-refractivity contribution is 5.77. The van der Waals surface area contributed by atoms with Crippen LogP contribution in [0.15, 0.2) is 36.4 Å². The smallest absolute Gasteiger partial charge is 0.167 e. The van der Waals surface area contributed by atoms with E-state index in [-0.39, 0.29) is 57.1 Å². The quantitative estimate of drug-likeness (QED) is 0.130. The molecular formula is C36H45N3O9. The summed E-state index contributed by atoms with van der Waals surface area (Å²) in [6.45, 7) is 12.2. The predicted octanol–water partition coefficient (Wildman–Crippen LogP) is 5.11. The first-order valence-electron chi connectivity index (χ1n) is 16.1. The van der Waals surface area contributed by atoms with Gasteiger partial charge in [0, 0.05) is 16.7 Å². The molecule has 48 heavy (non-hydrogen) atoms. The zero-order chi connectivity index (χ0) is 34.6. The lowest BCUT2D eigenvalue weighted by Crippen LogP contribution is -2.10. The summed E-state index contributed by atoms with van der Waals surface area (Å²) in [6, 6.07) is 10.9. The molecule has 12 heteroatoms. The van der Waals surface area contributed by atoms with E-state index in [1.165, 1.54) is 0 Å². The molecule has 0 atom stereocenters. The molecule has 1 heterocycles. The minimum atomic E-state index is -0.195. The molecule has 0 radical (unpaired) electrons. The van der Waals surface area contributed by atoms with E-state index in [2.05, 4.69) is 0 Å². The van der Waals surface area contributed by atoms with Crippen LogP contribution >= 0.6 is 0 Å². The third-order valence-electron chi connectivity index (χ3n) is 7.34. The first-order chi connectivity index (χ1) is 23.3. The molecule has 12 nitrogen and oxygen atoms in total. The first-order valence-corrected chi connectivity index (χ1v) is 16.1. The molecule has 4 aromatic rings. The Kier molecular flexibility index (Phi) is 13.2. The molecule has 3 aromatic carbocycles. The standard InChI is InChI=1S/C36H45N3O9/c1-7-43-28-13-10-25(31(22(28)4)46-19-16-40)34-37-35(26-11-14-29(44-8-2)23(5)32(26)47-20-17-41)39-36(38-34)27-12-15-30(45-9-3)24(6)33(27)48-21-18-42/h10-15,40-42H,7-9,16-21H2,1-6H3. The maximum absolute atomic E-state index is 9.63. The summed E-state index contributed by atoms with van der Waals surface area (Å²) in [6.07, 6.45) is 0. The Balaban J connectivity index is 2.07. The Hall–Kier alpha value is -4.65. The largest absolute Gasteiger partial charge is 0.493 e. The molecule has 0 saturated heterocycles. The van der Waals surface area contributed by atoms with Crippen LogP contribution in [-0.2, 0) is 0 Å². The van der Waals surface area contributed by atoms with Gasteiger partial charge in [0.25, 0.3) is 0 Å². The van der Waals surface area contributed by atoms with Crippen LogP contribution in [0.4, 0.5) is 0 Å². The van der Waals surface area contributed by atoms with Crippen molar-refractivity contribution in [3.8, 4) is 68.7 Å². The van der Waals surface area contributed by atoms with Crippen molar-refractivity contribution in [2.75, 3.05) is 59.5 Å². The fraction of sp³-hybridized carbons (Fsp3) is 0.417. The van der Waals surface area contributed by atoms with Gasteiger partial charge >= 0.3 is 0 Å². The molecule has 0 amide bonds. The summed E-state index contributed by atoms with van der Waals surface area (Å²) in [5.41, 5.74) is 3.82. The minimum absolute atomic E-state index is 0.0443. The van der Waals surface area contributed by atoms with Gasteiger partial charge in [-0.05, 0) is 77.9 Å². The Labute approximate surface area is 281 Å². The number of hydrogen-bond acceptors (Lipinski definition) is 12. The fourth-order valence-corrected chi connectivity index (χ4v) is 5.22. The summed E-state index contributed by atoms with van der Waals surface area (Å²) in [5, 5.41) is 28.9. The van der Waals surface area contributed by atoms with Crippen LogP contribution in [0.1, 0.15) is 37.5 Å². The third kappa shape index (κ3) is 8.07. The summed E-state index contributed by atoms with van der Waals surface area (Å²) < 4.78 is 35.7. The second-order valence-electron chi connectivity index (χ2n) is 10.5. The van der Waals surface area contributed by atoms with Crippen molar-refractivity contribution < 1.29 is 43.7 Å². The number of nitrogens with zero attached hydrogens (tertiary/aromatic N) is 3. The average Bonchev–Trinajstić information content (AvgIpc) is 3.09. The number of aliphatic hydroxyl groups is 3. The van der Waals surface area contributed by atoms with Gasteiger partial charge in [0.15, 0.2) is 17.5 Å². The van der Waals surface area contributed by atoms with Crippen molar-refractivity contribution in [2.45, 2.75) is 41.5 Å². The Morgan fingerprint density at radius 3 is 0.938 bits per heavy atom. The van der Waals surface area contributed by atoms with Gasteiger partial charge in [-0.1, -0.05) is 0 Å². The Morgan fingerprint density at radius 1 is 0.438 bits per heavy atom. The molecule has 0 aliphatic carbocycles. The molecule has 0 fully saturated rings. The SMILES string of the molecule is CCOc1ccc(-c2nc(-c3ccc(OCC)c(C)c3OCCO)nc(-c3ccc(OCC)c(C)c3OCCO)n2)c(OCCO)c1C. The van der Waals surface area contributed by atoms with Crippen LogP contribution < -0.4 is 28.4 Å². The van der Waals surface area contributed by atoms with E-state index >= 15 is 0 Å². The molecule has 0 bridgehead atoms. The average molecular weight is 664 g/mol. The fourth-order valence-electron chi connectivity index (χ4n) is 5.22. The Morgan fingerprint density at radius 2 is 0.708 bits per heavy atom. The van der Waals surface area contributed by atoms with Crippen molar-refractivity contribution in [1.82, 2.24) is 15.0 Å². The molecule has 0 spiro atoms. The molecule has 0 unspecified atom stereocenters. The van der Waals surface area contributed by atoms with Crippen molar-refractivity contribution in [2.24, 2.45) is 0 Å². The van der Waals surface area contributed by atoms with Crippen LogP contribution in [0.2, 0.25) is 0 Å². The number of benzene rings is 3. The highest BCUT2D eigenvalue weighted by Gasteiger charge is 2.24. The minimum Gasteiger partial charge on any atom is -0.493 e. The predicted molar refractivity (Wildman–Crippen MR) is 182 cm³/mol. The second-order valence-corrected chi connectivity index (χ2v) is 10.5. The molecule has 0 aliphatic heterocycles. The number of ether oxygens (including phenoxy) is 6. The van der Waals surface area contributed by atoms with Gasteiger partial charge in [-0.2, -0.15) is 0 Å². The van der Waals surface area contributed by atoms with Crippen LogP contribution in [0, 0.1) is 20.8 Å². The van der Waals surface area contributed by atoms with Crippen LogP contribution in [-0.4, -0.2) is 89.7 Å². The van der Waals surface area contributed by atoms with E-state index in [9.17, 15) is 15.3 Å². The van der Waals surface area contributed by atoms with E-state index in [1.807, 2.05) is 77.9 Å². The van der Waals surface area contributed by atoms with E-state index in [4.69, 9.17) is 43.4 Å². The maximum atomic E-state index is 9.63. The van der Waals surface area contributed by atoms with Gasteiger partial charge in [-0.15, -0.1) is 0 Å². The summed E-state index contributed by atoms with van der Waals surface area (Å²) in [4.78, 5) is 14.8. The summed E-state index contributed by atoms with van der Waals surface area (Å²) in [5.74, 6) is 4.12. The monoisotopic (exact) mass is 663 g/mol. The van der Waals surface area contributed by atoms with Crippen LogP contribution in [0.3, 0.4) is 0 Å². The molecule has 0 saturated carbocycles. The number of aliphatic hydroxyl groups excluding tert-OH is 3. The molecule has 3 N–H and O–H groups in total. The maximum Gasteiger partial charge on any atom is 0.167 e. The molecule has 0 aliphatic rings. The summed E-state index contributed by atoms with van der Waals surface area (Å²) in [7, 11) is 0. The van der Waals surface area contributed by atoms with Gasteiger partial charge in [-0.25, -0.2) is 15.0 Å². The normalized spacial score (nSPS) is 10.9.